The zero-order chi connectivity index (χ0) is 16.7. The fourth-order valence-electron chi connectivity index (χ4n) is 1.93. The molecule has 120 valence electrons. The van der Waals surface area contributed by atoms with Crippen LogP contribution in [0.3, 0.4) is 0 Å². The Bertz CT molecular complexity index is 684. The first kappa shape index (κ1) is 16.4. The Hall–Kier alpha value is -3.02. The molecule has 0 saturated carbocycles. The highest BCUT2D eigenvalue weighted by Crippen LogP contribution is 2.27. The summed E-state index contributed by atoms with van der Waals surface area (Å²) in [6.07, 6.45) is 3.40. The maximum absolute atomic E-state index is 12.3. The number of nitrogens with one attached hydrogen (secondary N) is 2. The molecular formula is C17H19N3O3. The Balaban J connectivity index is 2.08. The highest BCUT2D eigenvalue weighted by atomic mass is 16.5. The quantitative estimate of drug-likeness (QED) is 0.769. The van der Waals surface area contributed by atoms with Gasteiger partial charge in [-0.3, -0.25) is 4.79 Å². The van der Waals surface area contributed by atoms with Crippen LogP contribution in [0.1, 0.15) is 10.4 Å². The number of carbonyl (C=O) groups is 1. The first-order chi connectivity index (χ1) is 11.2. The fraction of sp³-hybridized carbons (Fsp3) is 0.176. The molecule has 0 aliphatic rings. The summed E-state index contributed by atoms with van der Waals surface area (Å²) >= 11 is 0. The number of rotatable bonds is 7. The van der Waals surface area contributed by atoms with E-state index in [1.165, 1.54) is 7.11 Å². The van der Waals surface area contributed by atoms with E-state index < -0.39 is 0 Å². The first-order valence-electron chi connectivity index (χ1n) is 7.02. The molecule has 0 radical (unpaired) electrons. The zero-order valence-corrected chi connectivity index (χ0v) is 13.1. The van der Waals surface area contributed by atoms with Crippen molar-refractivity contribution >= 4 is 17.4 Å². The van der Waals surface area contributed by atoms with E-state index in [1.807, 2.05) is 6.07 Å². The van der Waals surface area contributed by atoms with Gasteiger partial charge >= 0.3 is 0 Å². The van der Waals surface area contributed by atoms with E-state index in [4.69, 9.17) is 9.47 Å². The van der Waals surface area contributed by atoms with Crippen LogP contribution in [0.15, 0.2) is 49.2 Å². The molecule has 1 amide bonds. The molecule has 0 fully saturated rings. The van der Waals surface area contributed by atoms with Gasteiger partial charge in [-0.1, -0.05) is 6.08 Å². The minimum absolute atomic E-state index is 0.273. The van der Waals surface area contributed by atoms with Crippen LogP contribution >= 0.6 is 0 Å². The molecular weight excluding hydrogens is 294 g/mol. The van der Waals surface area contributed by atoms with Crippen LogP contribution in [0.5, 0.6) is 11.5 Å². The van der Waals surface area contributed by atoms with Crippen LogP contribution in [0.4, 0.5) is 11.5 Å². The predicted octanol–water partition coefficient (Wildman–Crippen LogP) is 2.95. The van der Waals surface area contributed by atoms with E-state index in [2.05, 4.69) is 22.2 Å². The molecule has 0 aliphatic heterocycles. The smallest absolute Gasteiger partial charge is 0.256 e. The standard InChI is InChI=1S/C17H19N3O3/c1-4-9-18-13-6-8-16(19-11-13)20-17(21)12-5-7-14(22-2)15(10-12)23-3/h4-8,10-11,18H,1,9H2,2-3H3,(H,19,20,21). The van der Waals surface area contributed by atoms with Gasteiger partial charge in [-0.25, -0.2) is 4.98 Å². The number of carbonyl (C=O) groups excluding carboxylic acids is 1. The normalized spacial score (nSPS) is 9.83. The summed E-state index contributed by atoms with van der Waals surface area (Å²) in [6, 6.07) is 8.53. The maximum Gasteiger partial charge on any atom is 0.256 e. The van der Waals surface area contributed by atoms with Crippen LogP contribution < -0.4 is 20.1 Å². The van der Waals surface area contributed by atoms with Gasteiger partial charge in [-0.15, -0.1) is 6.58 Å². The number of methoxy groups -OCH3 is 2. The number of amides is 1. The average Bonchev–Trinajstić information content (AvgIpc) is 2.60. The molecule has 6 nitrogen and oxygen atoms in total. The fourth-order valence-corrected chi connectivity index (χ4v) is 1.93. The average molecular weight is 313 g/mol. The van der Waals surface area contributed by atoms with Gasteiger partial charge in [-0.05, 0) is 30.3 Å². The third-order valence-electron chi connectivity index (χ3n) is 3.10. The van der Waals surface area contributed by atoms with Crippen molar-refractivity contribution in [1.82, 2.24) is 4.98 Å². The van der Waals surface area contributed by atoms with Gasteiger partial charge < -0.3 is 20.1 Å². The van der Waals surface area contributed by atoms with Crippen LogP contribution in [0, 0.1) is 0 Å². The molecule has 2 N–H and O–H groups in total. The monoisotopic (exact) mass is 313 g/mol. The van der Waals surface area contributed by atoms with Crippen LogP contribution in [-0.2, 0) is 0 Å². The van der Waals surface area contributed by atoms with Gasteiger partial charge in [-0.2, -0.15) is 0 Å². The maximum atomic E-state index is 12.3. The number of anilines is 2. The number of benzene rings is 1. The van der Waals surface area contributed by atoms with Crippen LogP contribution in [0.2, 0.25) is 0 Å². The summed E-state index contributed by atoms with van der Waals surface area (Å²) in [6.45, 7) is 4.29. The summed E-state index contributed by atoms with van der Waals surface area (Å²) in [5.41, 5.74) is 1.31. The van der Waals surface area contributed by atoms with E-state index in [0.29, 0.717) is 29.4 Å². The Morgan fingerprint density at radius 2 is 2.00 bits per heavy atom. The van der Waals surface area contributed by atoms with Crippen molar-refractivity contribution in [1.29, 1.82) is 0 Å². The lowest BCUT2D eigenvalue weighted by Crippen LogP contribution is -2.13. The van der Waals surface area contributed by atoms with Gasteiger partial charge in [0.2, 0.25) is 0 Å². The second-order valence-corrected chi connectivity index (χ2v) is 4.63. The van der Waals surface area contributed by atoms with Crippen molar-refractivity contribution in [2.75, 3.05) is 31.4 Å². The van der Waals surface area contributed by atoms with E-state index in [9.17, 15) is 4.79 Å². The SMILES string of the molecule is C=CCNc1ccc(NC(=O)c2ccc(OC)c(OC)c2)nc1. The van der Waals surface area contributed by atoms with Gasteiger partial charge in [0, 0.05) is 12.1 Å². The Morgan fingerprint density at radius 1 is 1.22 bits per heavy atom. The molecule has 1 aromatic carbocycles. The largest absolute Gasteiger partial charge is 0.493 e. The lowest BCUT2D eigenvalue weighted by atomic mass is 10.2. The second-order valence-electron chi connectivity index (χ2n) is 4.63. The summed E-state index contributed by atoms with van der Waals surface area (Å²) in [4.78, 5) is 16.5. The summed E-state index contributed by atoms with van der Waals surface area (Å²) in [7, 11) is 3.07. The van der Waals surface area contributed by atoms with Crippen LogP contribution in [-0.4, -0.2) is 31.7 Å². The molecule has 1 aromatic heterocycles. The van der Waals surface area contributed by atoms with Crippen molar-refractivity contribution in [3.05, 3.63) is 54.7 Å². The van der Waals surface area contributed by atoms with E-state index >= 15 is 0 Å². The van der Waals surface area contributed by atoms with Gasteiger partial charge in [0.1, 0.15) is 5.82 Å². The Morgan fingerprint density at radius 3 is 2.61 bits per heavy atom. The Labute approximate surface area is 135 Å². The van der Waals surface area contributed by atoms with Crippen molar-refractivity contribution < 1.29 is 14.3 Å². The summed E-state index contributed by atoms with van der Waals surface area (Å²) in [5, 5.41) is 5.85. The van der Waals surface area contributed by atoms with E-state index in [1.54, 1.807) is 43.6 Å². The molecule has 0 bridgehead atoms. The predicted molar refractivity (Wildman–Crippen MR) is 90.4 cm³/mol. The molecule has 0 unspecified atom stereocenters. The van der Waals surface area contributed by atoms with E-state index in [-0.39, 0.29) is 5.91 Å². The first-order valence-corrected chi connectivity index (χ1v) is 7.02. The number of nitrogens with zero attached hydrogens (tertiary/aromatic N) is 1. The molecule has 0 atom stereocenters. The molecule has 2 aromatic rings. The third kappa shape index (κ3) is 4.23. The number of hydrogen-bond donors (Lipinski definition) is 2. The summed E-state index contributed by atoms with van der Waals surface area (Å²) in [5.74, 6) is 1.26. The van der Waals surface area contributed by atoms with Crippen molar-refractivity contribution in [3.63, 3.8) is 0 Å². The summed E-state index contributed by atoms with van der Waals surface area (Å²) < 4.78 is 10.3. The molecule has 6 heteroatoms. The molecule has 0 aliphatic carbocycles. The van der Waals surface area contributed by atoms with Crippen LogP contribution in [0.25, 0.3) is 0 Å². The highest BCUT2D eigenvalue weighted by molar-refractivity contribution is 6.04. The van der Waals surface area contributed by atoms with Gasteiger partial charge in [0.25, 0.3) is 5.91 Å². The lowest BCUT2D eigenvalue weighted by molar-refractivity contribution is 0.102. The number of hydrogen-bond acceptors (Lipinski definition) is 5. The molecule has 0 saturated heterocycles. The van der Waals surface area contributed by atoms with Crippen molar-refractivity contribution in [2.24, 2.45) is 0 Å². The van der Waals surface area contributed by atoms with Crippen molar-refractivity contribution in [2.45, 2.75) is 0 Å². The molecule has 1 heterocycles. The molecule has 2 rings (SSSR count). The number of aromatic nitrogens is 1. The molecule has 0 spiro atoms. The minimum Gasteiger partial charge on any atom is -0.493 e. The van der Waals surface area contributed by atoms with Gasteiger partial charge in [0.05, 0.1) is 26.1 Å². The lowest BCUT2D eigenvalue weighted by Gasteiger charge is -2.10. The minimum atomic E-state index is -0.273. The zero-order valence-electron chi connectivity index (χ0n) is 13.1. The topological polar surface area (TPSA) is 72.5 Å². The Kier molecular flexibility index (Phi) is 5.57. The number of ether oxygens (including phenoxy) is 2. The molecule has 23 heavy (non-hydrogen) atoms. The van der Waals surface area contributed by atoms with Gasteiger partial charge in [0.15, 0.2) is 11.5 Å². The van der Waals surface area contributed by atoms with E-state index in [0.717, 1.165) is 5.69 Å². The van der Waals surface area contributed by atoms with Crippen molar-refractivity contribution in [3.8, 4) is 11.5 Å². The highest BCUT2D eigenvalue weighted by Gasteiger charge is 2.11. The number of pyridine rings is 1. The third-order valence-corrected chi connectivity index (χ3v) is 3.10. The second kappa shape index (κ2) is 7.84.